The van der Waals surface area contributed by atoms with E-state index in [9.17, 15) is 9.18 Å². The summed E-state index contributed by atoms with van der Waals surface area (Å²) in [6.45, 7) is 4.93. The number of nitrogens with zero attached hydrogens (tertiary/aromatic N) is 3. The van der Waals surface area contributed by atoms with Gasteiger partial charge in [0.2, 0.25) is 0 Å². The van der Waals surface area contributed by atoms with Crippen LogP contribution in [0.15, 0.2) is 18.2 Å². The van der Waals surface area contributed by atoms with Gasteiger partial charge < -0.3 is 19.6 Å². The highest BCUT2D eigenvalue weighted by Crippen LogP contribution is 2.24. The summed E-state index contributed by atoms with van der Waals surface area (Å²) in [5.74, 6) is -0.260. The zero-order chi connectivity index (χ0) is 17.8. The second kappa shape index (κ2) is 8.25. The molecular weight excluding hydrogens is 345 g/mol. The van der Waals surface area contributed by atoms with E-state index in [1.807, 2.05) is 11.0 Å². The molecule has 2 heterocycles. The number of hydrogen-bond donors (Lipinski definition) is 2. The van der Waals surface area contributed by atoms with Crippen LogP contribution in [0.5, 0.6) is 0 Å². The van der Waals surface area contributed by atoms with Crippen LogP contribution >= 0.6 is 12.6 Å². The normalized spacial score (nSPS) is 20.6. The molecule has 1 aromatic rings. The summed E-state index contributed by atoms with van der Waals surface area (Å²) in [6, 6.07) is 5.30. The van der Waals surface area contributed by atoms with Gasteiger partial charge in [-0.2, -0.15) is 12.6 Å². The number of benzene rings is 1. The molecule has 0 radical (unpaired) electrons. The number of ether oxygens (including phenoxy) is 1. The fourth-order valence-corrected chi connectivity index (χ4v) is 3.73. The van der Waals surface area contributed by atoms with E-state index in [2.05, 4.69) is 17.5 Å². The van der Waals surface area contributed by atoms with Gasteiger partial charge in [0.1, 0.15) is 5.82 Å². The van der Waals surface area contributed by atoms with E-state index in [0.717, 1.165) is 18.7 Å². The van der Waals surface area contributed by atoms with Gasteiger partial charge in [0.15, 0.2) is 0 Å². The van der Waals surface area contributed by atoms with Gasteiger partial charge in [-0.3, -0.25) is 4.90 Å². The number of piperazine rings is 1. The standard InChI is InChI=1S/C17H24FN3O3S/c18-14-11-13(12-16(25)20-7-9-24-10-8-20)1-2-15(14)19-3-5-21(6-4-19)17(22)23/h1-2,11,16,25H,3-10,12H2,(H,22,23). The lowest BCUT2D eigenvalue weighted by molar-refractivity contribution is 0.0330. The molecule has 1 atom stereocenters. The predicted octanol–water partition coefficient (Wildman–Crippen LogP) is 1.76. The molecule has 0 aliphatic carbocycles. The Labute approximate surface area is 152 Å². The maximum absolute atomic E-state index is 14.6. The minimum atomic E-state index is -0.918. The summed E-state index contributed by atoms with van der Waals surface area (Å²) in [4.78, 5) is 16.5. The third kappa shape index (κ3) is 4.56. The van der Waals surface area contributed by atoms with Crippen molar-refractivity contribution < 1.29 is 19.0 Å². The number of morpholine rings is 1. The van der Waals surface area contributed by atoms with Crippen molar-refractivity contribution in [2.45, 2.75) is 11.8 Å². The maximum atomic E-state index is 14.6. The van der Waals surface area contributed by atoms with Crippen molar-refractivity contribution in [3.63, 3.8) is 0 Å². The molecule has 8 heteroatoms. The van der Waals surface area contributed by atoms with E-state index in [-0.39, 0.29) is 11.2 Å². The fourth-order valence-electron chi connectivity index (χ4n) is 3.29. The maximum Gasteiger partial charge on any atom is 0.407 e. The third-order valence-electron chi connectivity index (χ3n) is 4.79. The molecule has 0 bridgehead atoms. The number of carbonyl (C=O) groups is 1. The number of hydrogen-bond acceptors (Lipinski definition) is 5. The van der Waals surface area contributed by atoms with Gasteiger partial charge in [-0.15, -0.1) is 0 Å². The summed E-state index contributed by atoms with van der Waals surface area (Å²) in [7, 11) is 0. The molecule has 2 aliphatic heterocycles. The summed E-state index contributed by atoms with van der Waals surface area (Å²) in [6.07, 6.45) is -0.244. The predicted molar refractivity (Wildman–Crippen MR) is 97.1 cm³/mol. The van der Waals surface area contributed by atoms with Crippen LogP contribution in [0.25, 0.3) is 0 Å². The number of halogens is 1. The summed E-state index contributed by atoms with van der Waals surface area (Å²) >= 11 is 4.65. The molecule has 1 amide bonds. The molecule has 1 N–H and O–H groups in total. The zero-order valence-corrected chi connectivity index (χ0v) is 15.0. The molecule has 2 aliphatic rings. The average Bonchev–Trinajstić information content (AvgIpc) is 2.62. The first-order valence-electron chi connectivity index (χ1n) is 8.55. The van der Waals surface area contributed by atoms with Crippen molar-refractivity contribution in [1.29, 1.82) is 0 Å². The lowest BCUT2D eigenvalue weighted by atomic mass is 10.1. The van der Waals surface area contributed by atoms with Crippen molar-refractivity contribution in [3.8, 4) is 0 Å². The van der Waals surface area contributed by atoms with Crippen LogP contribution in [0.3, 0.4) is 0 Å². The highest BCUT2D eigenvalue weighted by atomic mass is 32.1. The van der Waals surface area contributed by atoms with Crippen LogP contribution in [-0.2, 0) is 11.2 Å². The first kappa shape index (κ1) is 18.3. The largest absolute Gasteiger partial charge is 0.465 e. The number of thiol groups is 1. The van der Waals surface area contributed by atoms with Crippen LogP contribution in [0.4, 0.5) is 14.9 Å². The summed E-state index contributed by atoms with van der Waals surface area (Å²) < 4.78 is 19.9. The molecule has 2 fully saturated rings. The first-order chi connectivity index (χ1) is 12.0. The van der Waals surface area contributed by atoms with Crippen molar-refractivity contribution in [1.82, 2.24) is 9.80 Å². The molecule has 0 spiro atoms. The van der Waals surface area contributed by atoms with Gasteiger partial charge in [-0.25, -0.2) is 9.18 Å². The van der Waals surface area contributed by atoms with Gasteiger partial charge in [0, 0.05) is 39.3 Å². The molecule has 1 aromatic carbocycles. The summed E-state index contributed by atoms with van der Waals surface area (Å²) in [5, 5.41) is 9.04. The van der Waals surface area contributed by atoms with Crippen LogP contribution < -0.4 is 4.90 Å². The summed E-state index contributed by atoms with van der Waals surface area (Å²) in [5.41, 5.74) is 1.45. The smallest absolute Gasteiger partial charge is 0.407 e. The highest BCUT2D eigenvalue weighted by molar-refractivity contribution is 7.80. The Balaban J connectivity index is 1.60. The van der Waals surface area contributed by atoms with Crippen LogP contribution in [0, 0.1) is 5.82 Å². The Hall–Kier alpha value is -1.51. The van der Waals surface area contributed by atoms with Gasteiger partial charge in [0.05, 0.1) is 24.3 Å². The first-order valence-corrected chi connectivity index (χ1v) is 9.07. The van der Waals surface area contributed by atoms with Gasteiger partial charge >= 0.3 is 6.09 Å². The lowest BCUT2D eigenvalue weighted by Crippen LogP contribution is -2.48. The van der Waals surface area contributed by atoms with Crippen LogP contribution in [0.2, 0.25) is 0 Å². The Morgan fingerprint density at radius 3 is 2.48 bits per heavy atom. The Bertz CT molecular complexity index is 605. The zero-order valence-electron chi connectivity index (χ0n) is 14.1. The molecule has 0 saturated carbocycles. The van der Waals surface area contributed by atoms with E-state index < -0.39 is 6.09 Å². The quantitative estimate of drug-likeness (QED) is 0.792. The molecule has 25 heavy (non-hydrogen) atoms. The minimum absolute atomic E-state index is 0.0493. The van der Waals surface area contributed by atoms with Crippen LogP contribution in [-0.4, -0.2) is 78.9 Å². The van der Waals surface area contributed by atoms with Crippen molar-refractivity contribution in [2.75, 3.05) is 57.4 Å². The lowest BCUT2D eigenvalue weighted by Gasteiger charge is -2.35. The highest BCUT2D eigenvalue weighted by Gasteiger charge is 2.23. The number of amides is 1. The third-order valence-corrected chi connectivity index (χ3v) is 5.30. The molecule has 138 valence electrons. The van der Waals surface area contributed by atoms with Crippen molar-refractivity contribution in [3.05, 3.63) is 29.6 Å². The SMILES string of the molecule is O=C(O)N1CCN(c2ccc(CC(S)N3CCOCC3)cc2F)CC1. The van der Waals surface area contributed by atoms with Gasteiger partial charge in [0.25, 0.3) is 0 Å². The average molecular weight is 369 g/mol. The molecule has 3 rings (SSSR count). The number of carboxylic acid groups (broad SMARTS) is 1. The van der Waals surface area contributed by atoms with Crippen molar-refractivity contribution in [2.24, 2.45) is 0 Å². The second-order valence-electron chi connectivity index (χ2n) is 6.38. The fraction of sp³-hybridized carbons (Fsp3) is 0.588. The van der Waals surface area contributed by atoms with Gasteiger partial charge in [-0.05, 0) is 24.1 Å². The minimum Gasteiger partial charge on any atom is -0.465 e. The Morgan fingerprint density at radius 1 is 1.20 bits per heavy atom. The Morgan fingerprint density at radius 2 is 1.88 bits per heavy atom. The molecule has 0 aromatic heterocycles. The van der Waals surface area contributed by atoms with E-state index in [4.69, 9.17) is 9.84 Å². The second-order valence-corrected chi connectivity index (χ2v) is 6.97. The van der Waals surface area contributed by atoms with Crippen molar-refractivity contribution >= 4 is 24.4 Å². The number of rotatable bonds is 4. The molecular formula is C17H24FN3O3S. The molecule has 6 nitrogen and oxygen atoms in total. The monoisotopic (exact) mass is 369 g/mol. The van der Waals surface area contributed by atoms with E-state index >= 15 is 0 Å². The van der Waals surface area contributed by atoms with Gasteiger partial charge in [-0.1, -0.05) is 6.07 Å². The van der Waals surface area contributed by atoms with E-state index in [1.54, 1.807) is 12.1 Å². The van der Waals surface area contributed by atoms with E-state index in [1.165, 1.54) is 4.90 Å². The molecule has 1 unspecified atom stereocenters. The molecule has 2 saturated heterocycles. The Kier molecular flexibility index (Phi) is 6.03. The number of anilines is 1. The topological polar surface area (TPSA) is 56.2 Å². The van der Waals surface area contributed by atoms with Crippen LogP contribution in [0.1, 0.15) is 5.56 Å². The van der Waals surface area contributed by atoms with E-state index in [0.29, 0.717) is 51.5 Å².